The van der Waals surface area contributed by atoms with E-state index in [0.29, 0.717) is 13.2 Å². The summed E-state index contributed by atoms with van der Waals surface area (Å²) in [5, 5.41) is 13.7. The summed E-state index contributed by atoms with van der Waals surface area (Å²) in [5.41, 5.74) is -0.0395. The van der Waals surface area contributed by atoms with Crippen molar-refractivity contribution < 1.29 is 19.2 Å². The quantitative estimate of drug-likeness (QED) is 0.637. The van der Waals surface area contributed by atoms with Crippen molar-refractivity contribution in [1.82, 2.24) is 5.32 Å². The molecule has 2 rings (SSSR count). The minimum absolute atomic E-state index is 0.00717. The number of carbonyl (C=O) groups excluding carboxylic acids is 1. The van der Waals surface area contributed by atoms with E-state index in [1.54, 1.807) is 6.92 Å². The summed E-state index contributed by atoms with van der Waals surface area (Å²) < 4.78 is 10.2. The van der Waals surface area contributed by atoms with Crippen molar-refractivity contribution in [2.45, 2.75) is 13.0 Å². The van der Waals surface area contributed by atoms with Crippen molar-refractivity contribution in [2.75, 3.05) is 19.8 Å². The van der Waals surface area contributed by atoms with Gasteiger partial charge in [0.25, 0.3) is 5.91 Å². The Balaban J connectivity index is 2.29. The summed E-state index contributed by atoms with van der Waals surface area (Å²) in [6.07, 6.45) is 0. The second kappa shape index (κ2) is 5.66. The van der Waals surface area contributed by atoms with Crippen LogP contribution >= 0.6 is 0 Å². The van der Waals surface area contributed by atoms with Crippen molar-refractivity contribution in [2.24, 2.45) is 0 Å². The van der Waals surface area contributed by atoms with Gasteiger partial charge in [-0.3, -0.25) is 14.9 Å². The Kier molecular flexibility index (Phi) is 3.96. The lowest BCUT2D eigenvalue weighted by Crippen LogP contribution is -2.48. The fourth-order valence-electron chi connectivity index (χ4n) is 1.73. The number of amides is 1. The maximum Gasteiger partial charge on any atom is 0.311 e. The van der Waals surface area contributed by atoms with E-state index in [1.807, 2.05) is 0 Å². The fourth-order valence-corrected chi connectivity index (χ4v) is 1.73. The number of rotatable bonds is 5. The van der Waals surface area contributed by atoms with E-state index in [9.17, 15) is 14.9 Å². The summed E-state index contributed by atoms with van der Waals surface area (Å²) >= 11 is 0. The van der Waals surface area contributed by atoms with Crippen molar-refractivity contribution in [3.05, 3.63) is 33.9 Å². The Labute approximate surface area is 109 Å². The van der Waals surface area contributed by atoms with Gasteiger partial charge in [0.2, 0.25) is 5.75 Å². The first-order chi connectivity index (χ1) is 9.13. The van der Waals surface area contributed by atoms with Crippen LogP contribution in [0, 0.1) is 10.1 Å². The molecule has 19 heavy (non-hydrogen) atoms. The zero-order valence-corrected chi connectivity index (χ0v) is 10.4. The molecule has 1 saturated heterocycles. The fraction of sp³-hybridized carbons (Fsp3) is 0.417. The lowest BCUT2D eigenvalue weighted by atomic mass is 10.1. The second-order valence-corrected chi connectivity index (χ2v) is 4.05. The Morgan fingerprint density at radius 2 is 2.32 bits per heavy atom. The Bertz CT molecular complexity index is 499. The number of nitro benzene ring substituents is 1. The van der Waals surface area contributed by atoms with Gasteiger partial charge in [-0.25, -0.2) is 0 Å². The highest BCUT2D eigenvalue weighted by Crippen LogP contribution is 2.31. The molecule has 0 radical (unpaired) electrons. The number of para-hydroxylation sites is 1. The highest BCUT2D eigenvalue weighted by molar-refractivity contribution is 5.98. The third-order valence-corrected chi connectivity index (χ3v) is 2.70. The van der Waals surface area contributed by atoms with E-state index < -0.39 is 4.92 Å². The van der Waals surface area contributed by atoms with E-state index in [2.05, 4.69) is 5.32 Å². The average Bonchev–Trinajstić information content (AvgIpc) is 2.34. The topological polar surface area (TPSA) is 90.7 Å². The number of nitro groups is 1. The average molecular weight is 266 g/mol. The number of hydrogen-bond donors (Lipinski definition) is 1. The van der Waals surface area contributed by atoms with Crippen LogP contribution in [0.15, 0.2) is 18.2 Å². The van der Waals surface area contributed by atoms with Crippen molar-refractivity contribution in [1.29, 1.82) is 0 Å². The van der Waals surface area contributed by atoms with Gasteiger partial charge >= 0.3 is 5.69 Å². The van der Waals surface area contributed by atoms with E-state index in [-0.39, 0.29) is 35.6 Å². The number of nitrogens with zero attached hydrogens (tertiary/aromatic N) is 1. The van der Waals surface area contributed by atoms with Gasteiger partial charge in [-0.15, -0.1) is 0 Å². The number of ether oxygens (including phenoxy) is 2. The van der Waals surface area contributed by atoms with Crippen molar-refractivity contribution >= 4 is 11.6 Å². The van der Waals surface area contributed by atoms with Gasteiger partial charge in [-0.05, 0) is 13.0 Å². The molecule has 7 heteroatoms. The monoisotopic (exact) mass is 266 g/mol. The molecule has 1 aliphatic heterocycles. The maximum absolute atomic E-state index is 12.0. The molecule has 0 unspecified atom stereocenters. The first kappa shape index (κ1) is 13.3. The minimum atomic E-state index is -0.561. The van der Waals surface area contributed by atoms with Crippen molar-refractivity contribution in [3.8, 4) is 5.75 Å². The summed E-state index contributed by atoms with van der Waals surface area (Å²) in [7, 11) is 0. The van der Waals surface area contributed by atoms with Gasteiger partial charge in [0.15, 0.2) is 0 Å². The van der Waals surface area contributed by atoms with Gasteiger partial charge in [-0.2, -0.15) is 0 Å². The van der Waals surface area contributed by atoms with Crippen LogP contribution in [0.3, 0.4) is 0 Å². The van der Waals surface area contributed by atoms with Gasteiger partial charge in [0, 0.05) is 6.07 Å². The lowest BCUT2D eigenvalue weighted by Gasteiger charge is -2.27. The molecule has 102 valence electrons. The van der Waals surface area contributed by atoms with Crippen LogP contribution in [-0.4, -0.2) is 36.7 Å². The SMILES string of the molecule is CCOc1c(C(=O)NC2COC2)cccc1[N+](=O)[O-]. The summed E-state index contributed by atoms with van der Waals surface area (Å²) in [6.45, 7) is 2.88. The predicted molar refractivity (Wildman–Crippen MR) is 66.3 cm³/mol. The van der Waals surface area contributed by atoms with Crippen LogP contribution in [0.25, 0.3) is 0 Å². The Hall–Kier alpha value is -2.15. The zero-order chi connectivity index (χ0) is 13.8. The minimum Gasteiger partial charge on any atom is -0.487 e. The Morgan fingerprint density at radius 3 is 2.84 bits per heavy atom. The molecule has 0 aliphatic carbocycles. The van der Waals surface area contributed by atoms with Crippen LogP contribution in [0.5, 0.6) is 5.75 Å². The largest absolute Gasteiger partial charge is 0.487 e. The third-order valence-electron chi connectivity index (χ3n) is 2.70. The molecule has 1 N–H and O–H groups in total. The molecule has 1 heterocycles. The molecule has 7 nitrogen and oxygen atoms in total. The molecule has 0 bridgehead atoms. The van der Waals surface area contributed by atoms with E-state index in [0.717, 1.165) is 0 Å². The summed E-state index contributed by atoms with van der Waals surface area (Å²) in [5.74, 6) is -0.381. The lowest BCUT2D eigenvalue weighted by molar-refractivity contribution is -0.385. The highest BCUT2D eigenvalue weighted by atomic mass is 16.6. The summed E-state index contributed by atoms with van der Waals surface area (Å²) in [6, 6.07) is 4.25. The number of carbonyl (C=O) groups is 1. The smallest absolute Gasteiger partial charge is 0.311 e. The van der Waals surface area contributed by atoms with Gasteiger partial charge in [-0.1, -0.05) is 6.07 Å². The molecular formula is C12H14N2O5. The molecule has 1 amide bonds. The Morgan fingerprint density at radius 1 is 1.58 bits per heavy atom. The van der Waals surface area contributed by atoms with Gasteiger partial charge in [0.05, 0.1) is 36.3 Å². The molecule has 1 aromatic rings. The van der Waals surface area contributed by atoms with Crippen LogP contribution in [0.2, 0.25) is 0 Å². The number of nitrogens with one attached hydrogen (secondary N) is 1. The highest BCUT2D eigenvalue weighted by Gasteiger charge is 2.26. The molecule has 1 aromatic carbocycles. The first-order valence-corrected chi connectivity index (χ1v) is 5.92. The van der Waals surface area contributed by atoms with E-state index >= 15 is 0 Å². The van der Waals surface area contributed by atoms with Crippen LogP contribution < -0.4 is 10.1 Å². The predicted octanol–water partition coefficient (Wildman–Crippen LogP) is 1.12. The van der Waals surface area contributed by atoms with Crippen LogP contribution in [0.1, 0.15) is 17.3 Å². The zero-order valence-electron chi connectivity index (χ0n) is 10.4. The molecule has 0 spiro atoms. The van der Waals surface area contributed by atoms with Crippen molar-refractivity contribution in [3.63, 3.8) is 0 Å². The van der Waals surface area contributed by atoms with Gasteiger partial charge in [0.1, 0.15) is 0 Å². The number of hydrogen-bond acceptors (Lipinski definition) is 5. The first-order valence-electron chi connectivity index (χ1n) is 5.92. The molecule has 1 aliphatic rings. The second-order valence-electron chi connectivity index (χ2n) is 4.05. The standard InChI is InChI=1S/C12H14N2O5/c1-2-19-11-9(4-3-5-10(11)14(16)17)12(15)13-8-6-18-7-8/h3-5,8H,2,6-7H2,1H3,(H,13,15). The molecule has 0 aromatic heterocycles. The third kappa shape index (κ3) is 2.82. The van der Waals surface area contributed by atoms with E-state index in [1.165, 1.54) is 18.2 Å². The van der Waals surface area contributed by atoms with Crippen LogP contribution in [-0.2, 0) is 4.74 Å². The molecular weight excluding hydrogens is 252 g/mol. The van der Waals surface area contributed by atoms with Crippen LogP contribution in [0.4, 0.5) is 5.69 Å². The molecule has 0 atom stereocenters. The van der Waals surface area contributed by atoms with E-state index in [4.69, 9.17) is 9.47 Å². The normalized spacial score (nSPS) is 14.6. The molecule has 1 fully saturated rings. The molecule has 0 saturated carbocycles. The maximum atomic E-state index is 12.0. The van der Waals surface area contributed by atoms with Gasteiger partial charge < -0.3 is 14.8 Å². The summed E-state index contributed by atoms with van der Waals surface area (Å²) in [4.78, 5) is 22.4. The number of benzene rings is 1.